The van der Waals surface area contributed by atoms with E-state index in [1.54, 1.807) is 13.3 Å². The molecule has 1 aromatic rings. The van der Waals surface area contributed by atoms with Crippen molar-refractivity contribution in [1.82, 2.24) is 20.1 Å². The van der Waals surface area contributed by atoms with Gasteiger partial charge in [0.2, 0.25) is 5.91 Å². The summed E-state index contributed by atoms with van der Waals surface area (Å²) in [4.78, 5) is 11.4. The number of aliphatic hydroxyl groups is 1. The van der Waals surface area contributed by atoms with Gasteiger partial charge in [-0.15, -0.1) is 10.2 Å². The van der Waals surface area contributed by atoms with Gasteiger partial charge < -0.3 is 15.0 Å². The van der Waals surface area contributed by atoms with Crippen molar-refractivity contribution in [1.29, 1.82) is 0 Å². The molecule has 0 radical (unpaired) electrons. The third-order valence-electron chi connectivity index (χ3n) is 2.27. The van der Waals surface area contributed by atoms with E-state index in [4.69, 9.17) is 5.11 Å². The molecule has 0 fully saturated rings. The van der Waals surface area contributed by atoms with Gasteiger partial charge in [0.1, 0.15) is 6.33 Å². The van der Waals surface area contributed by atoms with Gasteiger partial charge in [-0.1, -0.05) is 0 Å². The quantitative estimate of drug-likeness (QED) is 0.719. The first-order valence-corrected chi connectivity index (χ1v) is 5.45. The maximum Gasteiger partial charge on any atom is 0.220 e. The van der Waals surface area contributed by atoms with E-state index in [-0.39, 0.29) is 5.91 Å². The van der Waals surface area contributed by atoms with Crippen LogP contribution in [0.2, 0.25) is 0 Å². The van der Waals surface area contributed by atoms with E-state index in [1.807, 2.05) is 11.5 Å². The van der Waals surface area contributed by atoms with E-state index >= 15 is 0 Å². The van der Waals surface area contributed by atoms with Crippen LogP contribution >= 0.6 is 0 Å². The Morgan fingerprint density at radius 2 is 2.44 bits per heavy atom. The van der Waals surface area contributed by atoms with Crippen molar-refractivity contribution in [3.63, 3.8) is 0 Å². The van der Waals surface area contributed by atoms with Crippen LogP contribution in [-0.2, 0) is 17.9 Å². The van der Waals surface area contributed by atoms with Gasteiger partial charge in [-0.2, -0.15) is 0 Å². The van der Waals surface area contributed by atoms with Gasteiger partial charge in [-0.3, -0.25) is 4.79 Å². The molecule has 0 aliphatic rings. The average Bonchev–Trinajstić information content (AvgIpc) is 2.70. The fraction of sp³-hybridized carbons (Fsp3) is 0.700. The highest BCUT2D eigenvalue weighted by Crippen LogP contribution is 1.97. The first-order valence-electron chi connectivity index (χ1n) is 5.45. The molecule has 2 N–H and O–H groups in total. The normalized spacial score (nSPS) is 12.4. The fourth-order valence-corrected chi connectivity index (χ4v) is 1.29. The van der Waals surface area contributed by atoms with E-state index in [0.29, 0.717) is 19.4 Å². The molecular weight excluding hydrogens is 208 g/mol. The number of nitrogens with one attached hydrogen (secondary N) is 1. The van der Waals surface area contributed by atoms with Gasteiger partial charge in [0.25, 0.3) is 0 Å². The van der Waals surface area contributed by atoms with Crippen LogP contribution < -0.4 is 5.32 Å². The summed E-state index contributed by atoms with van der Waals surface area (Å²) in [7, 11) is 0. The molecule has 0 saturated heterocycles. The summed E-state index contributed by atoms with van der Waals surface area (Å²) in [6.07, 6.45) is 2.01. The molecular formula is C10H18N4O2. The van der Waals surface area contributed by atoms with E-state index in [1.165, 1.54) is 0 Å². The summed E-state index contributed by atoms with van der Waals surface area (Å²) in [5.41, 5.74) is 0. The molecule has 1 amide bonds. The molecule has 0 saturated carbocycles. The zero-order chi connectivity index (χ0) is 12.0. The lowest BCUT2D eigenvalue weighted by atomic mass is 10.2. The zero-order valence-electron chi connectivity index (χ0n) is 9.68. The molecule has 1 unspecified atom stereocenters. The van der Waals surface area contributed by atoms with Crippen molar-refractivity contribution in [2.24, 2.45) is 0 Å². The average molecular weight is 226 g/mol. The number of nitrogens with zero attached hydrogens (tertiary/aromatic N) is 3. The Morgan fingerprint density at radius 1 is 1.69 bits per heavy atom. The van der Waals surface area contributed by atoms with Crippen molar-refractivity contribution in [2.75, 3.05) is 0 Å². The van der Waals surface area contributed by atoms with E-state index in [2.05, 4.69) is 15.5 Å². The third kappa shape index (κ3) is 3.98. The van der Waals surface area contributed by atoms with Crippen LogP contribution in [0.4, 0.5) is 0 Å². The molecule has 0 aromatic carbocycles. The molecule has 90 valence electrons. The van der Waals surface area contributed by atoms with Crippen LogP contribution in [0.1, 0.15) is 32.5 Å². The highest BCUT2D eigenvalue weighted by atomic mass is 16.3. The summed E-state index contributed by atoms with van der Waals surface area (Å²) >= 11 is 0. The van der Waals surface area contributed by atoms with E-state index < -0.39 is 6.10 Å². The summed E-state index contributed by atoms with van der Waals surface area (Å²) in [6, 6.07) is 0. The van der Waals surface area contributed by atoms with Crippen LogP contribution in [0, 0.1) is 0 Å². The van der Waals surface area contributed by atoms with Crippen LogP contribution in [-0.4, -0.2) is 31.9 Å². The van der Waals surface area contributed by atoms with Gasteiger partial charge in [0.05, 0.1) is 12.6 Å². The second kappa shape index (κ2) is 6.22. The number of aryl methyl sites for hydroxylation is 1. The molecule has 0 spiro atoms. The lowest BCUT2D eigenvalue weighted by Gasteiger charge is -2.06. The number of aromatic nitrogens is 3. The minimum Gasteiger partial charge on any atom is -0.393 e. The molecule has 1 rings (SSSR count). The first kappa shape index (κ1) is 12.6. The molecule has 1 aromatic heterocycles. The second-order valence-electron chi connectivity index (χ2n) is 3.70. The van der Waals surface area contributed by atoms with Crippen LogP contribution in [0.5, 0.6) is 0 Å². The number of aliphatic hydroxyl groups excluding tert-OH is 1. The monoisotopic (exact) mass is 226 g/mol. The molecule has 16 heavy (non-hydrogen) atoms. The SMILES string of the molecule is CCn1cnnc1CNC(=O)CCC(C)O. The molecule has 0 aliphatic carbocycles. The van der Waals surface area contributed by atoms with E-state index in [9.17, 15) is 4.79 Å². The Morgan fingerprint density at radius 3 is 3.06 bits per heavy atom. The van der Waals surface area contributed by atoms with Gasteiger partial charge in [-0.05, 0) is 20.3 Å². The Bertz CT molecular complexity index is 335. The standard InChI is InChI=1S/C10H18N4O2/c1-3-14-7-12-13-9(14)6-11-10(16)5-4-8(2)15/h7-8,15H,3-6H2,1-2H3,(H,11,16). The minimum atomic E-state index is -0.440. The summed E-state index contributed by atoms with van der Waals surface area (Å²) in [5, 5.41) is 19.4. The van der Waals surface area contributed by atoms with Crippen LogP contribution in [0.3, 0.4) is 0 Å². The van der Waals surface area contributed by atoms with Gasteiger partial charge in [0.15, 0.2) is 5.82 Å². The maximum atomic E-state index is 11.4. The Balaban J connectivity index is 2.31. The maximum absolute atomic E-state index is 11.4. The largest absolute Gasteiger partial charge is 0.393 e. The van der Waals surface area contributed by atoms with E-state index in [0.717, 1.165) is 12.4 Å². The third-order valence-corrected chi connectivity index (χ3v) is 2.27. The van der Waals surface area contributed by atoms with Gasteiger partial charge in [0, 0.05) is 13.0 Å². The second-order valence-corrected chi connectivity index (χ2v) is 3.70. The van der Waals surface area contributed by atoms with Crippen molar-refractivity contribution in [2.45, 2.75) is 45.9 Å². The van der Waals surface area contributed by atoms with Crippen molar-refractivity contribution < 1.29 is 9.90 Å². The number of carbonyl (C=O) groups is 1. The zero-order valence-corrected chi connectivity index (χ0v) is 9.68. The summed E-state index contributed by atoms with van der Waals surface area (Å²) < 4.78 is 1.87. The predicted octanol–water partition coefficient (Wildman–Crippen LogP) is 0.0752. The minimum absolute atomic E-state index is 0.0773. The summed E-state index contributed by atoms with van der Waals surface area (Å²) in [6.45, 7) is 4.82. The van der Waals surface area contributed by atoms with Gasteiger partial charge >= 0.3 is 0 Å². The molecule has 1 heterocycles. The van der Waals surface area contributed by atoms with Crippen LogP contribution in [0.15, 0.2) is 6.33 Å². The number of hydrogen-bond donors (Lipinski definition) is 2. The fourth-order valence-electron chi connectivity index (χ4n) is 1.29. The van der Waals surface area contributed by atoms with Gasteiger partial charge in [-0.25, -0.2) is 0 Å². The molecule has 6 heteroatoms. The number of hydrogen-bond acceptors (Lipinski definition) is 4. The Hall–Kier alpha value is -1.43. The highest BCUT2D eigenvalue weighted by molar-refractivity contribution is 5.75. The van der Waals surface area contributed by atoms with Crippen molar-refractivity contribution in [3.05, 3.63) is 12.2 Å². The van der Waals surface area contributed by atoms with Crippen molar-refractivity contribution in [3.8, 4) is 0 Å². The smallest absolute Gasteiger partial charge is 0.220 e. The lowest BCUT2D eigenvalue weighted by Crippen LogP contribution is -2.25. The molecule has 6 nitrogen and oxygen atoms in total. The Kier molecular flexibility index (Phi) is 4.91. The summed E-state index contributed by atoms with van der Waals surface area (Å²) in [5.74, 6) is 0.666. The predicted molar refractivity (Wildman–Crippen MR) is 58.5 cm³/mol. The van der Waals surface area contributed by atoms with Crippen molar-refractivity contribution >= 4 is 5.91 Å². The van der Waals surface area contributed by atoms with Crippen LogP contribution in [0.25, 0.3) is 0 Å². The number of rotatable bonds is 6. The first-order chi connectivity index (χ1) is 7.63. The Labute approximate surface area is 94.7 Å². The molecule has 0 aliphatic heterocycles. The topological polar surface area (TPSA) is 80.0 Å². The molecule has 0 bridgehead atoms. The molecule has 1 atom stereocenters. The highest BCUT2D eigenvalue weighted by Gasteiger charge is 2.06. The number of carbonyl (C=O) groups excluding carboxylic acids is 1. The number of amides is 1. The lowest BCUT2D eigenvalue weighted by molar-refractivity contribution is -0.121.